The molecule has 47 heavy (non-hydrogen) atoms. The second kappa shape index (κ2) is 15.0. The van der Waals surface area contributed by atoms with Gasteiger partial charge in [0.1, 0.15) is 11.5 Å². The predicted molar refractivity (Wildman–Crippen MR) is 154 cm³/mol. The fourth-order valence-electron chi connectivity index (χ4n) is 4.12. The third-order valence-corrected chi connectivity index (χ3v) is 6.41. The van der Waals surface area contributed by atoms with Crippen molar-refractivity contribution in [1.82, 2.24) is 0 Å². The molecule has 0 saturated carbocycles. The van der Waals surface area contributed by atoms with Crippen LogP contribution in [0.3, 0.4) is 0 Å². The lowest BCUT2D eigenvalue weighted by Gasteiger charge is -2.15. The second-order valence-electron chi connectivity index (χ2n) is 10.2. The summed E-state index contributed by atoms with van der Waals surface area (Å²) in [5, 5.41) is 17.3. The van der Waals surface area contributed by atoms with Crippen molar-refractivity contribution in [1.29, 1.82) is 0 Å². The van der Waals surface area contributed by atoms with Crippen LogP contribution in [0.2, 0.25) is 0 Å². The topological polar surface area (TPSA) is 93.1 Å². The number of ether oxygens (including phenoxy) is 2. The van der Waals surface area contributed by atoms with E-state index in [-0.39, 0.29) is 34.1 Å². The normalized spacial score (nSPS) is 11.5. The van der Waals surface area contributed by atoms with E-state index in [1.807, 2.05) is 19.9 Å². The van der Waals surface area contributed by atoms with Crippen molar-refractivity contribution in [2.45, 2.75) is 32.1 Å². The minimum atomic E-state index is -4.65. The molecule has 0 fully saturated rings. The van der Waals surface area contributed by atoms with E-state index in [1.165, 1.54) is 0 Å². The largest absolute Gasteiger partial charge is 0.481 e. The SMILES string of the molecule is CC(C)c1cccc(-c2cc(C(F)(F)F)ccc2OCC(=O)O)c1.O=C(O)COc1ccc(C(F)(F)F)cc1-c1ccc(F)c(F)c1. The van der Waals surface area contributed by atoms with Gasteiger partial charge in [-0.3, -0.25) is 0 Å². The average Bonchev–Trinajstić information content (AvgIpc) is 2.99. The standard InChI is InChI=1S/C18H17F3O3.C15H9F5O3/c1-11(2)12-4-3-5-13(8-12)15-9-14(18(19,20)21)6-7-16(15)24-10-17(22)23;16-11-3-1-8(5-12(11)17)10-6-9(15(18,19)20)2-4-13(10)23-7-14(21)22/h3-9,11H,10H2,1-2H3,(H,22,23);1-6H,7H2,(H,21,22). The Morgan fingerprint density at radius 3 is 1.51 bits per heavy atom. The molecule has 0 radical (unpaired) electrons. The van der Waals surface area contributed by atoms with Crippen molar-refractivity contribution in [2.24, 2.45) is 0 Å². The van der Waals surface area contributed by atoms with Crippen LogP contribution in [0.15, 0.2) is 78.9 Å². The molecule has 2 N–H and O–H groups in total. The maximum atomic E-state index is 13.3. The molecule has 0 aliphatic carbocycles. The molecule has 250 valence electrons. The summed E-state index contributed by atoms with van der Waals surface area (Å²) >= 11 is 0. The van der Waals surface area contributed by atoms with Crippen LogP contribution in [-0.4, -0.2) is 35.4 Å². The quantitative estimate of drug-likeness (QED) is 0.173. The summed E-state index contributed by atoms with van der Waals surface area (Å²) in [4.78, 5) is 21.2. The van der Waals surface area contributed by atoms with Crippen LogP contribution in [0.5, 0.6) is 11.5 Å². The van der Waals surface area contributed by atoms with Gasteiger partial charge >= 0.3 is 24.3 Å². The number of hydrogen-bond acceptors (Lipinski definition) is 4. The molecule has 0 spiro atoms. The van der Waals surface area contributed by atoms with E-state index in [9.17, 15) is 44.7 Å². The Labute approximate surface area is 262 Å². The van der Waals surface area contributed by atoms with Gasteiger partial charge in [-0.2, -0.15) is 26.3 Å². The van der Waals surface area contributed by atoms with Crippen LogP contribution < -0.4 is 9.47 Å². The molecule has 0 unspecified atom stereocenters. The highest BCUT2D eigenvalue weighted by atomic mass is 19.4. The van der Waals surface area contributed by atoms with Gasteiger partial charge in [0.15, 0.2) is 24.8 Å². The fraction of sp³-hybridized carbons (Fsp3) is 0.212. The van der Waals surface area contributed by atoms with Crippen molar-refractivity contribution in [2.75, 3.05) is 13.2 Å². The van der Waals surface area contributed by atoms with Crippen LogP contribution in [0.4, 0.5) is 35.1 Å². The van der Waals surface area contributed by atoms with Gasteiger partial charge in [-0.1, -0.05) is 44.2 Å². The highest BCUT2D eigenvalue weighted by molar-refractivity contribution is 5.75. The van der Waals surface area contributed by atoms with Gasteiger partial charge in [0.2, 0.25) is 0 Å². The highest BCUT2D eigenvalue weighted by Crippen LogP contribution is 2.39. The monoisotopic (exact) mass is 670 g/mol. The average molecular weight is 671 g/mol. The number of hydrogen-bond donors (Lipinski definition) is 2. The number of rotatable bonds is 9. The van der Waals surface area contributed by atoms with E-state index in [4.69, 9.17) is 19.7 Å². The third-order valence-electron chi connectivity index (χ3n) is 6.41. The number of aliphatic carboxylic acids is 2. The first-order valence-corrected chi connectivity index (χ1v) is 13.5. The van der Waals surface area contributed by atoms with Crippen LogP contribution in [0.25, 0.3) is 22.3 Å². The van der Waals surface area contributed by atoms with Crippen LogP contribution >= 0.6 is 0 Å². The summed E-state index contributed by atoms with van der Waals surface area (Å²) < 4.78 is 114. The van der Waals surface area contributed by atoms with Gasteiger partial charge in [0.05, 0.1) is 11.1 Å². The molecule has 0 aromatic heterocycles. The van der Waals surface area contributed by atoms with Crippen molar-refractivity contribution < 1.29 is 64.4 Å². The Balaban J connectivity index is 0.000000256. The first kappa shape index (κ1) is 36.3. The molecule has 4 aromatic carbocycles. The smallest absolute Gasteiger partial charge is 0.416 e. The molecule has 4 aromatic rings. The summed E-state index contributed by atoms with van der Waals surface area (Å²) in [6.45, 7) is 2.55. The van der Waals surface area contributed by atoms with E-state index >= 15 is 0 Å². The minimum absolute atomic E-state index is 0.0737. The predicted octanol–water partition coefficient (Wildman–Crippen LogP) is 9.07. The van der Waals surface area contributed by atoms with Gasteiger partial charge in [-0.05, 0) is 71.1 Å². The van der Waals surface area contributed by atoms with Gasteiger partial charge in [-0.25, -0.2) is 18.4 Å². The summed E-state index contributed by atoms with van der Waals surface area (Å²) in [6.07, 6.45) is -9.14. The Hall–Kier alpha value is -5.14. The Morgan fingerprint density at radius 2 is 1.11 bits per heavy atom. The molecule has 6 nitrogen and oxygen atoms in total. The Bertz CT molecular complexity index is 1730. The number of carboxylic acids is 2. The first-order valence-electron chi connectivity index (χ1n) is 13.5. The van der Waals surface area contributed by atoms with Gasteiger partial charge in [0, 0.05) is 11.1 Å². The molecular weight excluding hydrogens is 644 g/mol. The lowest BCUT2D eigenvalue weighted by atomic mass is 9.96. The van der Waals surface area contributed by atoms with E-state index < -0.39 is 60.3 Å². The molecule has 0 aliphatic rings. The number of halogens is 8. The summed E-state index contributed by atoms with van der Waals surface area (Å²) in [6, 6.07) is 15.0. The van der Waals surface area contributed by atoms with E-state index in [0.717, 1.165) is 42.0 Å². The third kappa shape index (κ3) is 10.2. The molecule has 0 heterocycles. The molecular formula is C33H26F8O6. The Morgan fingerprint density at radius 1 is 0.638 bits per heavy atom. The second-order valence-corrected chi connectivity index (χ2v) is 10.2. The number of benzene rings is 4. The summed E-state index contributed by atoms with van der Waals surface area (Å²) in [7, 11) is 0. The van der Waals surface area contributed by atoms with Crippen LogP contribution in [0.1, 0.15) is 36.5 Å². The fourth-order valence-corrected chi connectivity index (χ4v) is 4.12. The molecule has 0 amide bonds. The van der Waals surface area contributed by atoms with Gasteiger partial charge in [0.25, 0.3) is 0 Å². The molecule has 0 atom stereocenters. The number of carbonyl (C=O) groups is 2. The lowest BCUT2D eigenvalue weighted by Crippen LogP contribution is -2.11. The van der Waals surface area contributed by atoms with Crippen LogP contribution in [0, 0.1) is 11.6 Å². The van der Waals surface area contributed by atoms with Crippen molar-refractivity contribution in [3.63, 3.8) is 0 Å². The highest BCUT2D eigenvalue weighted by Gasteiger charge is 2.32. The summed E-state index contributed by atoms with van der Waals surface area (Å²) in [5.41, 5.74) is -0.374. The number of alkyl halides is 6. The van der Waals surface area contributed by atoms with Gasteiger partial charge in [-0.15, -0.1) is 0 Å². The van der Waals surface area contributed by atoms with E-state index in [0.29, 0.717) is 23.8 Å². The number of carboxylic acid groups (broad SMARTS) is 2. The van der Waals surface area contributed by atoms with E-state index in [1.54, 1.807) is 18.2 Å². The van der Waals surface area contributed by atoms with E-state index in [2.05, 4.69) is 0 Å². The molecule has 0 aliphatic heterocycles. The molecule has 0 saturated heterocycles. The van der Waals surface area contributed by atoms with Crippen molar-refractivity contribution in [3.8, 4) is 33.8 Å². The minimum Gasteiger partial charge on any atom is -0.481 e. The van der Waals surface area contributed by atoms with Crippen LogP contribution in [-0.2, 0) is 21.9 Å². The molecule has 14 heteroatoms. The maximum absolute atomic E-state index is 13.3. The van der Waals surface area contributed by atoms with Gasteiger partial charge < -0.3 is 19.7 Å². The first-order chi connectivity index (χ1) is 21.9. The molecule has 4 rings (SSSR count). The Kier molecular flexibility index (Phi) is 11.6. The zero-order valence-corrected chi connectivity index (χ0v) is 24.5. The summed E-state index contributed by atoms with van der Waals surface area (Å²) in [5.74, 6) is -4.81. The zero-order chi connectivity index (χ0) is 35.1. The molecule has 0 bridgehead atoms. The maximum Gasteiger partial charge on any atom is 0.416 e. The van der Waals surface area contributed by atoms with Crippen molar-refractivity contribution in [3.05, 3.63) is 107 Å². The lowest BCUT2D eigenvalue weighted by molar-refractivity contribution is -0.140. The zero-order valence-electron chi connectivity index (χ0n) is 24.5. The van der Waals surface area contributed by atoms with Crippen molar-refractivity contribution >= 4 is 11.9 Å².